The van der Waals surface area contributed by atoms with Crippen LogP contribution in [-0.4, -0.2) is 19.2 Å². The Labute approximate surface area is 82.0 Å². The van der Waals surface area contributed by atoms with Crippen molar-refractivity contribution in [2.45, 2.75) is 0 Å². The number of carbonyl (C=O) groups is 1. The lowest BCUT2D eigenvalue weighted by Crippen LogP contribution is -2.19. The number of urea groups is 1. The molecule has 5 nitrogen and oxygen atoms in total. The maximum atomic E-state index is 10.5. The molecular weight excluding hydrogens is 182 g/mol. The minimum absolute atomic E-state index is 0.444. The van der Waals surface area contributed by atoms with E-state index in [-0.39, 0.29) is 0 Å². The molecule has 0 radical (unpaired) electrons. The average Bonchev–Trinajstić information content (AvgIpc) is 2.14. The second kappa shape index (κ2) is 5.08. The van der Waals surface area contributed by atoms with Gasteiger partial charge in [-0.05, 0) is 12.1 Å². The molecule has 1 aromatic rings. The number of benzene rings is 1. The van der Waals surface area contributed by atoms with Gasteiger partial charge in [-0.1, -0.05) is 6.07 Å². The molecule has 0 saturated heterocycles. The molecule has 1 rings (SSSR count). The molecule has 0 aromatic heterocycles. The zero-order chi connectivity index (χ0) is 10.4. The second-order valence-electron chi connectivity index (χ2n) is 2.65. The Bertz CT molecular complexity index is 315. The molecule has 76 valence electrons. The van der Waals surface area contributed by atoms with E-state index in [2.05, 4.69) is 5.32 Å². The van der Waals surface area contributed by atoms with E-state index in [4.69, 9.17) is 16.2 Å². The van der Waals surface area contributed by atoms with Crippen LogP contribution in [0, 0.1) is 0 Å². The molecule has 0 aliphatic carbocycles. The normalized spacial score (nSPS) is 9.50. The van der Waals surface area contributed by atoms with Gasteiger partial charge in [0.05, 0.1) is 0 Å². The number of carbonyl (C=O) groups excluding carboxylic acids is 1. The van der Waals surface area contributed by atoms with Gasteiger partial charge in [-0.3, -0.25) is 0 Å². The van der Waals surface area contributed by atoms with Gasteiger partial charge < -0.3 is 21.5 Å². The Hall–Kier alpha value is -1.75. The van der Waals surface area contributed by atoms with E-state index in [0.717, 1.165) is 0 Å². The van der Waals surface area contributed by atoms with Crippen LogP contribution in [0.1, 0.15) is 0 Å². The van der Waals surface area contributed by atoms with E-state index < -0.39 is 6.03 Å². The first-order valence-electron chi connectivity index (χ1n) is 4.22. The molecule has 1 aromatic carbocycles. The second-order valence-corrected chi connectivity index (χ2v) is 2.65. The fraction of sp³-hybridized carbons (Fsp3) is 0.222. The van der Waals surface area contributed by atoms with Gasteiger partial charge in [0, 0.05) is 18.3 Å². The number of hydrogen-bond donors (Lipinski definition) is 3. The van der Waals surface area contributed by atoms with Crippen molar-refractivity contribution in [3.63, 3.8) is 0 Å². The Morgan fingerprint density at radius 1 is 1.50 bits per heavy atom. The van der Waals surface area contributed by atoms with Gasteiger partial charge in [0.15, 0.2) is 0 Å². The van der Waals surface area contributed by atoms with Crippen molar-refractivity contribution in [2.24, 2.45) is 11.5 Å². The van der Waals surface area contributed by atoms with E-state index in [0.29, 0.717) is 24.6 Å². The van der Waals surface area contributed by atoms with Crippen LogP contribution in [0.15, 0.2) is 24.3 Å². The first-order chi connectivity index (χ1) is 6.72. The minimum Gasteiger partial charge on any atom is -0.492 e. The number of anilines is 1. The third-order valence-corrected chi connectivity index (χ3v) is 1.49. The van der Waals surface area contributed by atoms with Crippen LogP contribution in [0.2, 0.25) is 0 Å². The Kier molecular flexibility index (Phi) is 3.75. The number of hydrogen-bond acceptors (Lipinski definition) is 3. The molecule has 0 bridgehead atoms. The van der Waals surface area contributed by atoms with Crippen molar-refractivity contribution in [3.8, 4) is 5.75 Å². The van der Waals surface area contributed by atoms with Crippen molar-refractivity contribution in [2.75, 3.05) is 18.5 Å². The van der Waals surface area contributed by atoms with Crippen LogP contribution in [-0.2, 0) is 0 Å². The van der Waals surface area contributed by atoms with E-state index in [1.54, 1.807) is 24.3 Å². The largest absolute Gasteiger partial charge is 0.492 e. The molecule has 14 heavy (non-hydrogen) atoms. The lowest BCUT2D eigenvalue weighted by molar-refractivity contribution is 0.259. The summed E-state index contributed by atoms with van der Waals surface area (Å²) in [7, 11) is 0. The lowest BCUT2D eigenvalue weighted by atomic mass is 10.3. The number of primary amides is 1. The molecule has 0 heterocycles. The van der Waals surface area contributed by atoms with E-state index in [9.17, 15) is 4.79 Å². The molecule has 0 unspecified atom stereocenters. The molecule has 0 aliphatic rings. The first kappa shape index (κ1) is 10.3. The highest BCUT2D eigenvalue weighted by Crippen LogP contribution is 2.16. The SMILES string of the molecule is NCCOc1cccc(NC(N)=O)c1. The number of nitrogens with two attached hydrogens (primary N) is 2. The molecule has 0 saturated carbocycles. The zero-order valence-corrected chi connectivity index (χ0v) is 7.69. The maximum Gasteiger partial charge on any atom is 0.316 e. The molecule has 0 atom stereocenters. The topological polar surface area (TPSA) is 90.4 Å². The Balaban J connectivity index is 2.63. The number of ether oxygens (including phenoxy) is 1. The molecule has 5 N–H and O–H groups in total. The molecule has 0 spiro atoms. The highest BCUT2D eigenvalue weighted by Gasteiger charge is 1.97. The van der Waals surface area contributed by atoms with E-state index in [1.807, 2.05) is 0 Å². The summed E-state index contributed by atoms with van der Waals surface area (Å²) in [4.78, 5) is 10.5. The zero-order valence-electron chi connectivity index (χ0n) is 7.69. The van der Waals surface area contributed by atoms with Crippen molar-refractivity contribution >= 4 is 11.7 Å². The summed E-state index contributed by atoms with van der Waals surface area (Å²) in [6, 6.07) is 6.35. The summed E-state index contributed by atoms with van der Waals surface area (Å²) in [5.41, 5.74) is 10.8. The third-order valence-electron chi connectivity index (χ3n) is 1.49. The van der Waals surface area contributed by atoms with Crippen LogP contribution < -0.4 is 21.5 Å². The van der Waals surface area contributed by atoms with Crippen molar-refractivity contribution in [1.82, 2.24) is 0 Å². The highest BCUT2D eigenvalue weighted by molar-refractivity contribution is 5.87. The highest BCUT2D eigenvalue weighted by atomic mass is 16.5. The van der Waals surface area contributed by atoms with Gasteiger partial charge in [-0.2, -0.15) is 0 Å². The first-order valence-corrected chi connectivity index (χ1v) is 4.22. The third kappa shape index (κ3) is 3.32. The summed E-state index contributed by atoms with van der Waals surface area (Å²) in [5, 5.41) is 2.45. The van der Waals surface area contributed by atoms with Crippen molar-refractivity contribution in [3.05, 3.63) is 24.3 Å². The number of nitrogens with one attached hydrogen (secondary N) is 1. The molecule has 0 aliphatic heterocycles. The van der Waals surface area contributed by atoms with Crippen molar-refractivity contribution < 1.29 is 9.53 Å². The van der Waals surface area contributed by atoms with Gasteiger partial charge in [-0.15, -0.1) is 0 Å². The van der Waals surface area contributed by atoms with Crippen LogP contribution in [0.3, 0.4) is 0 Å². The fourth-order valence-corrected chi connectivity index (χ4v) is 0.983. The van der Waals surface area contributed by atoms with Gasteiger partial charge in [-0.25, -0.2) is 4.79 Å². The van der Waals surface area contributed by atoms with Crippen LogP contribution in [0.5, 0.6) is 5.75 Å². The Morgan fingerprint density at radius 2 is 2.29 bits per heavy atom. The fourth-order valence-electron chi connectivity index (χ4n) is 0.983. The van der Waals surface area contributed by atoms with Crippen molar-refractivity contribution in [1.29, 1.82) is 0 Å². The minimum atomic E-state index is -0.596. The molecule has 0 fully saturated rings. The summed E-state index contributed by atoms with van der Waals surface area (Å²) in [5.74, 6) is 0.654. The predicted octanol–water partition coefficient (Wildman–Crippen LogP) is 0.515. The summed E-state index contributed by atoms with van der Waals surface area (Å²) in [6.07, 6.45) is 0. The number of rotatable bonds is 4. The van der Waals surface area contributed by atoms with Gasteiger partial charge in [0.2, 0.25) is 0 Å². The van der Waals surface area contributed by atoms with Crippen LogP contribution in [0.4, 0.5) is 10.5 Å². The maximum absolute atomic E-state index is 10.5. The van der Waals surface area contributed by atoms with Crippen LogP contribution >= 0.6 is 0 Å². The summed E-state index contributed by atoms with van der Waals surface area (Å²) in [6.45, 7) is 0.896. The molecular formula is C9H13N3O2. The van der Waals surface area contributed by atoms with Gasteiger partial charge in [0.25, 0.3) is 0 Å². The molecule has 5 heteroatoms. The quantitative estimate of drug-likeness (QED) is 0.654. The van der Waals surface area contributed by atoms with Gasteiger partial charge >= 0.3 is 6.03 Å². The lowest BCUT2D eigenvalue weighted by Gasteiger charge is -2.06. The monoisotopic (exact) mass is 195 g/mol. The summed E-state index contributed by atoms with van der Waals surface area (Å²) >= 11 is 0. The van der Waals surface area contributed by atoms with E-state index >= 15 is 0 Å². The Morgan fingerprint density at radius 3 is 2.93 bits per heavy atom. The van der Waals surface area contributed by atoms with Gasteiger partial charge in [0.1, 0.15) is 12.4 Å². The smallest absolute Gasteiger partial charge is 0.316 e. The standard InChI is InChI=1S/C9H13N3O2/c10-4-5-14-8-3-1-2-7(6-8)12-9(11)13/h1-3,6H,4-5,10H2,(H3,11,12,13). The molecule has 2 amide bonds. The average molecular weight is 195 g/mol. The number of amides is 2. The predicted molar refractivity (Wildman–Crippen MR) is 54.2 cm³/mol. The van der Waals surface area contributed by atoms with Crippen LogP contribution in [0.25, 0.3) is 0 Å². The van der Waals surface area contributed by atoms with E-state index in [1.165, 1.54) is 0 Å². The summed E-state index contributed by atoms with van der Waals surface area (Å²) < 4.78 is 5.26.